The number of carboxylic acid groups (broad SMARTS) is 1. The van der Waals surface area contributed by atoms with E-state index in [1.807, 2.05) is 23.6 Å². The number of rotatable bonds is 4. The lowest BCUT2D eigenvalue weighted by Crippen LogP contribution is -2.48. The fourth-order valence-electron chi connectivity index (χ4n) is 4.76. The summed E-state index contributed by atoms with van der Waals surface area (Å²) in [6.07, 6.45) is 6.90. The van der Waals surface area contributed by atoms with Gasteiger partial charge in [0.25, 0.3) is 5.56 Å². The summed E-state index contributed by atoms with van der Waals surface area (Å²) in [5.74, 6) is 0.999. The number of nitrogens with one attached hydrogen (secondary N) is 1. The number of piperazine rings is 1. The molecule has 33 heavy (non-hydrogen) atoms. The summed E-state index contributed by atoms with van der Waals surface area (Å²) < 4.78 is 1.83. The van der Waals surface area contributed by atoms with E-state index in [4.69, 9.17) is 10.1 Å². The van der Waals surface area contributed by atoms with Crippen molar-refractivity contribution in [2.24, 2.45) is 0 Å². The van der Waals surface area contributed by atoms with Crippen LogP contribution in [0, 0.1) is 6.92 Å². The molecule has 1 saturated heterocycles. The van der Waals surface area contributed by atoms with Crippen LogP contribution in [0.1, 0.15) is 37.3 Å². The number of hydrogen-bond donors (Lipinski definition) is 2. The molecule has 1 amide bonds. The van der Waals surface area contributed by atoms with Crippen molar-refractivity contribution in [3.8, 4) is 0 Å². The van der Waals surface area contributed by atoms with Crippen LogP contribution in [0.5, 0.6) is 0 Å². The van der Waals surface area contributed by atoms with Crippen molar-refractivity contribution < 1.29 is 9.90 Å². The Morgan fingerprint density at radius 2 is 1.85 bits per heavy atom. The second-order valence-electron chi connectivity index (χ2n) is 8.69. The quantitative estimate of drug-likeness (QED) is 0.624. The molecule has 1 aliphatic carbocycles. The topological polar surface area (TPSA) is 116 Å². The molecule has 0 bridgehead atoms. The maximum Gasteiger partial charge on any atom is 0.407 e. The van der Waals surface area contributed by atoms with Crippen molar-refractivity contribution in [2.75, 3.05) is 36.4 Å². The number of nitrogens with zero attached hydrogens (tertiary/aromatic N) is 6. The number of aryl methyl sites for hydroxylation is 1. The summed E-state index contributed by atoms with van der Waals surface area (Å²) in [5, 5.41) is 13.1. The molecule has 0 aromatic carbocycles. The van der Waals surface area contributed by atoms with Gasteiger partial charge >= 0.3 is 6.09 Å². The molecule has 3 aromatic heterocycles. The number of amides is 1. The highest BCUT2D eigenvalue weighted by Crippen LogP contribution is 2.31. The molecular weight excluding hydrogens is 422 g/mol. The van der Waals surface area contributed by atoms with E-state index in [0.29, 0.717) is 43.6 Å². The lowest BCUT2D eigenvalue weighted by molar-refractivity contribution is 0.142. The number of aromatic nitrogens is 4. The van der Waals surface area contributed by atoms with E-state index in [2.05, 4.69) is 20.2 Å². The van der Waals surface area contributed by atoms with E-state index >= 15 is 0 Å². The lowest BCUT2D eigenvalue weighted by Gasteiger charge is -2.34. The van der Waals surface area contributed by atoms with Gasteiger partial charge in [0.1, 0.15) is 11.5 Å². The van der Waals surface area contributed by atoms with Gasteiger partial charge in [-0.1, -0.05) is 12.8 Å². The van der Waals surface area contributed by atoms with Crippen LogP contribution in [0.25, 0.3) is 11.0 Å². The first kappa shape index (κ1) is 21.2. The highest BCUT2D eigenvalue weighted by Gasteiger charge is 2.22. The molecule has 0 radical (unpaired) electrons. The normalized spacial score (nSPS) is 17.0. The molecule has 0 atom stereocenters. The van der Waals surface area contributed by atoms with E-state index < -0.39 is 6.09 Å². The van der Waals surface area contributed by atoms with Crippen LogP contribution in [0.3, 0.4) is 0 Å². The Kier molecular flexibility index (Phi) is 5.57. The summed E-state index contributed by atoms with van der Waals surface area (Å²) >= 11 is 0. The lowest BCUT2D eigenvalue weighted by atomic mass is 10.1. The SMILES string of the molecule is Cc1cc(=O)n(C2CCCC2)c2nc(Nc3ccc(N4CCN(C(=O)O)CC4)cn3)ncc12. The van der Waals surface area contributed by atoms with Gasteiger partial charge in [0, 0.05) is 49.9 Å². The Morgan fingerprint density at radius 3 is 2.52 bits per heavy atom. The van der Waals surface area contributed by atoms with E-state index in [0.717, 1.165) is 42.3 Å². The first-order chi connectivity index (χ1) is 16.0. The molecule has 1 aliphatic heterocycles. The zero-order valence-electron chi connectivity index (χ0n) is 18.6. The van der Waals surface area contributed by atoms with E-state index in [1.54, 1.807) is 18.5 Å². The second-order valence-corrected chi connectivity index (χ2v) is 8.69. The van der Waals surface area contributed by atoms with Crippen LogP contribution in [0.2, 0.25) is 0 Å². The third-order valence-electron chi connectivity index (χ3n) is 6.59. The Morgan fingerprint density at radius 1 is 1.09 bits per heavy atom. The maximum absolute atomic E-state index is 12.8. The van der Waals surface area contributed by atoms with Crippen LogP contribution < -0.4 is 15.8 Å². The molecule has 10 nitrogen and oxygen atoms in total. The highest BCUT2D eigenvalue weighted by atomic mass is 16.4. The molecule has 3 aromatic rings. The molecule has 172 valence electrons. The van der Waals surface area contributed by atoms with Crippen LogP contribution in [0.15, 0.2) is 35.4 Å². The van der Waals surface area contributed by atoms with Gasteiger partial charge in [-0.25, -0.2) is 14.8 Å². The molecule has 2 fully saturated rings. The summed E-state index contributed by atoms with van der Waals surface area (Å²) in [6, 6.07) is 5.66. The van der Waals surface area contributed by atoms with Crippen molar-refractivity contribution in [3.05, 3.63) is 46.5 Å². The van der Waals surface area contributed by atoms with E-state index in [-0.39, 0.29) is 11.6 Å². The molecule has 2 aliphatic rings. The van der Waals surface area contributed by atoms with Crippen LogP contribution in [0.4, 0.5) is 22.2 Å². The van der Waals surface area contributed by atoms with Crippen molar-refractivity contribution in [1.29, 1.82) is 0 Å². The first-order valence-corrected chi connectivity index (χ1v) is 11.3. The average Bonchev–Trinajstić information content (AvgIpc) is 3.34. The van der Waals surface area contributed by atoms with Crippen molar-refractivity contribution in [3.63, 3.8) is 0 Å². The number of anilines is 3. The van der Waals surface area contributed by atoms with Gasteiger partial charge in [-0.2, -0.15) is 4.98 Å². The van der Waals surface area contributed by atoms with Crippen LogP contribution in [-0.4, -0.2) is 61.8 Å². The Labute approximate surface area is 190 Å². The zero-order valence-corrected chi connectivity index (χ0v) is 18.6. The van der Waals surface area contributed by atoms with Crippen molar-refractivity contribution in [2.45, 2.75) is 38.6 Å². The van der Waals surface area contributed by atoms with E-state index in [9.17, 15) is 9.59 Å². The van der Waals surface area contributed by atoms with Crippen LogP contribution in [-0.2, 0) is 0 Å². The minimum absolute atomic E-state index is 0.0120. The monoisotopic (exact) mass is 449 g/mol. The van der Waals surface area contributed by atoms with Gasteiger partial charge in [0.05, 0.1) is 11.9 Å². The van der Waals surface area contributed by atoms with Crippen molar-refractivity contribution in [1.82, 2.24) is 24.4 Å². The minimum atomic E-state index is -0.878. The molecule has 5 rings (SSSR count). The Hall–Kier alpha value is -3.69. The number of hydrogen-bond acceptors (Lipinski definition) is 7. The standard InChI is InChI=1S/C23H27N7O3/c1-15-12-20(31)30(16-4-2-3-5-16)21-18(15)14-25-22(27-21)26-19-7-6-17(13-24-19)28-8-10-29(11-9-28)23(32)33/h6-7,12-14,16H,2-5,8-11H2,1H3,(H,32,33)(H,24,25,26,27). The van der Waals surface area contributed by atoms with Gasteiger partial charge in [-0.15, -0.1) is 0 Å². The van der Waals surface area contributed by atoms with E-state index in [1.165, 1.54) is 4.90 Å². The smallest absolute Gasteiger partial charge is 0.407 e. The summed E-state index contributed by atoms with van der Waals surface area (Å²) in [6.45, 7) is 4.12. The van der Waals surface area contributed by atoms with Gasteiger partial charge in [0.15, 0.2) is 0 Å². The van der Waals surface area contributed by atoms with Gasteiger partial charge in [-0.05, 0) is 37.5 Å². The third-order valence-corrected chi connectivity index (χ3v) is 6.59. The number of pyridine rings is 2. The molecule has 2 N–H and O–H groups in total. The molecular formula is C23H27N7O3. The zero-order chi connectivity index (χ0) is 22.9. The average molecular weight is 450 g/mol. The highest BCUT2D eigenvalue weighted by molar-refractivity contribution is 5.79. The van der Waals surface area contributed by atoms with Gasteiger partial charge in [-0.3, -0.25) is 9.36 Å². The molecule has 0 spiro atoms. The van der Waals surface area contributed by atoms with Crippen LogP contribution >= 0.6 is 0 Å². The molecule has 10 heteroatoms. The van der Waals surface area contributed by atoms with Crippen molar-refractivity contribution >= 4 is 34.6 Å². The number of carbonyl (C=O) groups is 1. The second kappa shape index (κ2) is 8.68. The minimum Gasteiger partial charge on any atom is -0.465 e. The first-order valence-electron chi connectivity index (χ1n) is 11.3. The van der Waals surface area contributed by atoms with Gasteiger partial charge in [0.2, 0.25) is 5.95 Å². The fraction of sp³-hybridized carbons (Fsp3) is 0.435. The molecule has 1 saturated carbocycles. The molecule has 4 heterocycles. The predicted molar refractivity (Wildman–Crippen MR) is 125 cm³/mol. The largest absolute Gasteiger partial charge is 0.465 e. The third kappa shape index (κ3) is 4.20. The summed E-state index contributed by atoms with van der Waals surface area (Å²) in [7, 11) is 0. The Bertz CT molecular complexity index is 1230. The number of fused-ring (bicyclic) bond motifs is 1. The Balaban J connectivity index is 1.36. The summed E-state index contributed by atoms with van der Waals surface area (Å²) in [4.78, 5) is 41.0. The molecule has 0 unspecified atom stereocenters. The van der Waals surface area contributed by atoms with Gasteiger partial charge < -0.3 is 20.2 Å². The maximum atomic E-state index is 12.8. The summed E-state index contributed by atoms with van der Waals surface area (Å²) in [5.41, 5.74) is 2.47. The predicted octanol–water partition coefficient (Wildman–Crippen LogP) is 3.15. The fourth-order valence-corrected chi connectivity index (χ4v) is 4.76.